The summed E-state index contributed by atoms with van der Waals surface area (Å²) in [5.74, 6) is 0.797. The first-order valence-corrected chi connectivity index (χ1v) is 8.46. The van der Waals surface area contributed by atoms with Gasteiger partial charge in [0.05, 0.1) is 5.39 Å². The van der Waals surface area contributed by atoms with Gasteiger partial charge < -0.3 is 10.2 Å². The Bertz CT molecular complexity index is 646. The molecule has 0 spiro atoms. The molecule has 0 saturated carbocycles. The van der Waals surface area contributed by atoms with E-state index in [1.54, 1.807) is 11.3 Å². The Labute approximate surface area is 127 Å². The molecule has 20 heavy (non-hydrogen) atoms. The predicted octanol–water partition coefficient (Wildman–Crippen LogP) is 2.63. The first kappa shape index (κ1) is 12.8. The molecule has 2 aliphatic rings. The van der Waals surface area contributed by atoms with Gasteiger partial charge in [-0.05, 0) is 37.8 Å². The molecule has 2 aromatic rings. The van der Waals surface area contributed by atoms with Crippen LogP contribution >= 0.6 is 22.9 Å². The molecular weight excluding hydrogens is 292 g/mol. The van der Waals surface area contributed by atoms with E-state index < -0.39 is 0 Å². The first-order valence-electron chi connectivity index (χ1n) is 7.26. The molecule has 2 aromatic heterocycles. The second-order valence-electron chi connectivity index (χ2n) is 5.44. The van der Waals surface area contributed by atoms with Crippen LogP contribution < -0.4 is 10.2 Å². The third-order valence-corrected chi connectivity index (χ3v) is 5.59. The lowest BCUT2D eigenvalue weighted by molar-refractivity contribution is 0.724. The summed E-state index contributed by atoms with van der Waals surface area (Å²) in [5, 5.41) is 5.15. The topological polar surface area (TPSA) is 41.1 Å². The van der Waals surface area contributed by atoms with Crippen LogP contribution in [0.2, 0.25) is 5.15 Å². The first-order chi connectivity index (χ1) is 9.83. The number of anilines is 1. The predicted molar refractivity (Wildman–Crippen MR) is 84.1 cm³/mol. The molecule has 4 rings (SSSR count). The fourth-order valence-electron chi connectivity index (χ4n) is 3.13. The number of aromatic nitrogens is 2. The largest absolute Gasteiger partial charge is 0.339 e. The second-order valence-corrected chi connectivity index (χ2v) is 6.88. The van der Waals surface area contributed by atoms with E-state index in [0.29, 0.717) is 5.15 Å². The maximum Gasteiger partial charge on any atom is 0.228 e. The molecule has 0 radical (unpaired) electrons. The summed E-state index contributed by atoms with van der Waals surface area (Å²) in [6, 6.07) is 0. The quantitative estimate of drug-likeness (QED) is 0.822. The SMILES string of the molecule is Clc1nc(N2CCCNCC2)nc2sc3c(c12)CCC3. The third-order valence-electron chi connectivity index (χ3n) is 4.13. The van der Waals surface area contributed by atoms with Crippen LogP contribution in [-0.4, -0.2) is 36.1 Å². The molecule has 6 heteroatoms. The summed E-state index contributed by atoms with van der Waals surface area (Å²) >= 11 is 8.27. The number of fused-ring (bicyclic) bond motifs is 3. The summed E-state index contributed by atoms with van der Waals surface area (Å²) in [5.41, 5.74) is 1.40. The average Bonchev–Trinajstić information content (AvgIpc) is 2.89. The number of halogens is 1. The van der Waals surface area contributed by atoms with Crippen molar-refractivity contribution in [2.45, 2.75) is 25.7 Å². The van der Waals surface area contributed by atoms with Crippen molar-refractivity contribution in [3.8, 4) is 0 Å². The van der Waals surface area contributed by atoms with Gasteiger partial charge in [-0.25, -0.2) is 9.97 Å². The van der Waals surface area contributed by atoms with E-state index in [-0.39, 0.29) is 0 Å². The molecule has 0 atom stereocenters. The number of aryl methyl sites for hydroxylation is 2. The van der Waals surface area contributed by atoms with Crippen LogP contribution in [0.25, 0.3) is 10.2 Å². The minimum Gasteiger partial charge on any atom is -0.339 e. The summed E-state index contributed by atoms with van der Waals surface area (Å²) < 4.78 is 0. The van der Waals surface area contributed by atoms with E-state index in [1.807, 2.05) is 0 Å². The fourth-order valence-corrected chi connectivity index (χ4v) is 4.72. The fraction of sp³-hybridized carbons (Fsp3) is 0.571. The number of nitrogens with zero attached hydrogens (tertiary/aromatic N) is 3. The van der Waals surface area contributed by atoms with Crippen LogP contribution in [0.15, 0.2) is 0 Å². The monoisotopic (exact) mass is 308 g/mol. The van der Waals surface area contributed by atoms with Gasteiger partial charge in [0.1, 0.15) is 9.98 Å². The van der Waals surface area contributed by atoms with E-state index in [2.05, 4.69) is 15.2 Å². The number of hydrogen-bond acceptors (Lipinski definition) is 5. The highest BCUT2D eigenvalue weighted by molar-refractivity contribution is 7.19. The molecule has 0 bridgehead atoms. The van der Waals surface area contributed by atoms with Gasteiger partial charge >= 0.3 is 0 Å². The van der Waals surface area contributed by atoms with E-state index in [9.17, 15) is 0 Å². The Balaban J connectivity index is 1.78. The molecule has 0 amide bonds. The molecule has 0 aromatic carbocycles. The summed E-state index contributed by atoms with van der Waals surface area (Å²) in [4.78, 5) is 14.1. The Hall–Kier alpha value is -0.910. The maximum absolute atomic E-state index is 6.46. The molecule has 1 saturated heterocycles. The third kappa shape index (κ3) is 2.08. The van der Waals surface area contributed by atoms with Gasteiger partial charge in [-0.15, -0.1) is 11.3 Å². The average molecular weight is 309 g/mol. The van der Waals surface area contributed by atoms with Crippen molar-refractivity contribution < 1.29 is 0 Å². The zero-order valence-corrected chi connectivity index (χ0v) is 12.9. The molecule has 1 aliphatic carbocycles. The Kier molecular flexibility index (Phi) is 3.28. The van der Waals surface area contributed by atoms with Gasteiger partial charge in [-0.1, -0.05) is 11.6 Å². The molecule has 4 nitrogen and oxygen atoms in total. The Morgan fingerprint density at radius 2 is 2.05 bits per heavy atom. The lowest BCUT2D eigenvalue weighted by Crippen LogP contribution is -2.29. The Morgan fingerprint density at radius 1 is 1.10 bits per heavy atom. The van der Waals surface area contributed by atoms with E-state index >= 15 is 0 Å². The van der Waals surface area contributed by atoms with Crippen molar-refractivity contribution >= 4 is 39.1 Å². The van der Waals surface area contributed by atoms with Gasteiger partial charge in [0, 0.05) is 24.5 Å². The standard InChI is InChI=1S/C14H17ClN4S/c15-12-11-9-3-1-4-10(9)20-13(11)18-14(17-12)19-7-2-5-16-6-8-19/h16H,1-8H2. The smallest absolute Gasteiger partial charge is 0.228 e. The second kappa shape index (κ2) is 5.13. The Morgan fingerprint density at radius 3 is 3.00 bits per heavy atom. The normalized spacial score (nSPS) is 19.4. The van der Waals surface area contributed by atoms with Gasteiger partial charge in [0.25, 0.3) is 0 Å². The van der Waals surface area contributed by atoms with E-state index in [0.717, 1.165) is 55.2 Å². The highest BCUT2D eigenvalue weighted by atomic mass is 35.5. The van der Waals surface area contributed by atoms with Crippen LogP contribution in [-0.2, 0) is 12.8 Å². The molecule has 1 aliphatic heterocycles. The summed E-state index contributed by atoms with van der Waals surface area (Å²) in [6.07, 6.45) is 4.67. The number of nitrogens with one attached hydrogen (secondary N) is 1. The van der Waals surface area contributed by atoms with E-state index in [1.165, 1.54) is 23.3 Å². The van der Waals surface area contributed by atoms with Crippen LogP contribution in [0.5, 0.6) is 0 Å². The van der Waals surface area contributed by atoms with Crippen molar-refractivity contribution in [3.05, 3.63) is 15.6 Å². The lowest BCUT2D eigenvalue weighted by Gasteiger charge is -2.19. The van der Waals surface area contributed by atoms with Gasteiger partial charge in [0.15, 0.2) is 0 Å². The minimum absolute atomic E-state index is 0.640. The van der Waals surface area contributed by atoms with Crippen LogP contribution in [0.1, 0.15) is 23.3 Å². The summed E-state index contributed by atoms with van der Waals surface area (Å²) in [6.45, 7) is 4.01. The van der Waals surface area contributed by atoms with Crippen molar-refractivity contribution in [1.29, 1.82) is 0 Å². The zero-order chi connectivity index (χ0) is 13.5. The molecule has 0 unspecified atom stereocenters. The van der Waals surface area contributed by atoms with Crippen molar-refractivity contribution in [3.63, 3.8) is 0 Å². The molecule has 3 heterocycles. The van der Waals surface area contributed by atoms with Crippen LogP contribution in [0.4, 0.5) is 5.95 Å². The van der Waals surface area contributed by atoms with Crippen LogP contribution in [0.3, 0.4) is 0 Å². The lowest BCUT2D eigenvalue weighted by atomic mass is 10.2. The minimum atomic E-state index is 0.640. The van der Waals surface area contributed by atoms with Gasteiger partial charge in [-0.2, -0.15) is 0 Å². The van der Waals surface area contributed by atoms with Crippen molar-refractivity contribution in [1.82, 2.24) is 15.3 Å². The highest BCUT2D eigenvalue weighted by Crippen LogP contribution is 2.39. The van der Waals surface area contributed by atoms with Gasteiger partial charge in [0.2, 0.25) is 5.95 Å². The number of rotatable bonds is 1. The molecular formula is C14H17ClN4S. The number of hydrogen-bond donors (Lipinski definition) is 1. The van der Waals surface area contributed by atoms with Crippen molar-refractivity contribution in [2.75, 3.05) is 31.1 Å². The van der Waals surface area contributed by atoms with Gasteiger partial charge in [-0.3, -0.25) is 0 Å². The molecule has 1 fully saturated rings. The zero-order valence-electron chi connectivity index (χ0n) is 11.3. The van der Waals surface area contributed by atoms with Crippen LogP contribution in [0, 0.1) is 0 Å². The van der Waals surface area contributed by atoms with Crippen molar-refractivity contribution in [2.24, 2.45) is 0 Å². The van der Waals surface area contributed by atoms with E-state index in [4.69, 9.17) is 16.6 Å². The number of thiophene rings is 1. The maximum atomic E-state index is 6.46. The highest BCUT2D eigenvalue weighted by Gasteiger charge is 2.23. The molecule has 106 valence electrons. The summed E-state index contributed by atoms with van der Waals surface area (Å²) in [7, 11) is 0. The molecule has 1 N–H and O–H groups in total.